The quantitative estimate of drug-likeness (QED) is 0.396. The van der Waals surface area contributed by atoms with Gasteiger partial charge in [0.05, 0.1) is 20.3 Å². The van der Waals surface area contributed by atoms with E-state index in [1.54, 1.807) is 12.0 Å². The van der Waals surface area contributed by atoms with Crippen LogP contribution >= 0.6 is 0 Å². The molecule has 37 heavy (non-hydrogen) atoms. The monoisotopic (exact) mass is 510 g/mol. The number of carbonyl (C=O) groups excluding carboxylic acids is 2. The lowest BCUT2D eigenvalue weighted by Gasteiger charge is -2.31. The number of rotatable bonds is 13. The van der Waals surface area contributed by atoms with Gasteiger partial charge in [-0.05, 0) is 75.4 Å². The number of hydrogen-bond acceptors (Lipinski definition) is 5. The van der Waals surface area contributed by atoms with Crippen molar-refractivity contribution in [1.82, 2.24) is 10.2 Å². The summed E-state index contributed by atoms with van der Waals surface area (Å²) in [6.07, 6.45) is 6.34. The van der Waals surface area contributed by atoms with E-state index in [0.29, 0.717) is 37.7 Å². The second-order valence-electron chi connectivity index (χ2n) is 9.54. The van der Waals surface area contributed by atoms with Crippen LogP contribution in [0.4, 0.5) is 0 Å². The van der Waals surface area contributed by atoms with Gasteiger partial charge < -0.3 is 24.4 Å². The average Bonchev–Trinajstić information content (AvgIpc) is 2.92. The second kappa shape index (κ2) is 14.5. The molecule has 2 aromatic carbocycles. The summed E-state index contributed by atoms with van der Waals surface area (Å²) in [4.78, 5) is 28.4. The second-order valence-corrected chi connectivity index (χ2v) is 9.54. The van der Waals surface area contributed by atoms with Crippen LogP contribution in [0.2, 0.25) is 0 Å². The van der Waals surface area contributed by atoms with Gasteiger partial charge in [-0.25, -0.2) is 0 Å². The molecule has 2 amide bonds. The molecule has 3 rings (SSSR count). The first-order chi connectivity index (χ1) is 17.9. The predicted octanol–water partition coefficient (Wildman–Crippen LogP) is 5.29. The zero-order valence-corrected chi connectivity index (χ0v) is 22.8. The number of nitrogens with one attached hydrogen (secondary N) is 1. The van der Waals surface area contributed by atoms with Gasteiger partial charge in [-0.3, -0.25) is 9.59 Å². The summed E-state index contributed by atoms with van der Waals surface area (Å²) in [7, 11) is 1.63. The molecule has 0 heterocycles. The Balaban J connectivity index is 1.72. The molecular weight excluding hydrogens is 468 g/mol. The number of benzene rings is 2. The molecule has 1 aliphatic carbocycles. The van der Waals surface area contributed by atoms with E-state index in [1.165, 1.54) is 6.42 Å². The third-order valence-corrected chi connectivity index (χ3v) is 6.87. The van der Waals surface area contributed by atoms with E-state index in [-0.39, 0.29) is 24.3 Å². The maximum atomic E-state index is 13.5. The van der Waals surface area contributed by atoms with Crippen molar-refractivity contribution in [2.45, 2.75) is 84.3 Å². The zero-order valence-electron chi connectivity index (χ0n) is 22.8. The largest absolute Gasteiger partial charge is 0.497 e. The van der Waals surface area contributed by atoms with Crippen LogP contribution in [0.15, 0.2) is 42.5 Å². The SMILES string of the molecule is CCOc1ccc(CCC(=O)N(Cc2ccc(OC)cc2)C(C)C(=O)NC2CCCCC2)cc1OCC. The van der Waals surface area contributed by atoms with Crippen LogP contribution < -0.4 is 19.5 Å². The number of hydrogen-bond donors (Lipinski definition) is 1. The molecule has 0 aliphatic heterocycles. The van der Waals surface area contributed by atoms with Gasteiger partial charge in [-0.15, -0.1) is 0 Å². The van der Waals surface area contributed by atoms with E-state index in [2.05, 4.69) is 5.32 Å². The summed E-state index contributed by atoms with van der Waals surface area (Å²) in [5, 5.41) is 3.19. The molecule has 1 unspecified atom stereocenters. The Morgan fingerprint density at radius 1 is 0.946 bits per heavy atom. The smallest absolute Gasteiger partial charge is 0.242 e. The van der Waals surface area contributed by atoms with E-state index in [0.717, 1.165) is 42.6 Å². The van der Waals surface area contributed by atoms with Gasteiger partial charge in [0.2, 0.25) is 11.8 Å². The Hall–Kier alpha value is -3.22. The maximum Gasteiger partial charge on any atom is 0.242 e. The third-order valence-electron chi connectivity index (χ3n) is 6.87. The fourth-order valence-electron chi connectivity index (χ4n) is 4.72. The van der Waals surface area contributed by atoms with Gasteiger partial charge >= 0.3 is 0 Å². The van der Waals surface area contributed by atoms with Gasteiger partial charge in [-0.1, -0.05) is 37.5 Å². The van der Waals surface area contributed by atoms with Gasteiger partial charge in [0.1, 0.15) is 11.8 Å². The van der Waals surface area contributed by atoms with Crippen molar-refractivity contribution in [3.8, 4) is 17.2 Å². The molecule has 2 aromatic rings. The third kappa shape index (κ3) is 8.41. The molecule has 7 nitrogen and oxygen atoms in total. The first kappa shape index (κ1) is 28.4. The van der Waals surface area contributed by atoms with Crippen molar-refractivity contribution >= 4 is 11.8 Å². The van der Waals surface area contributed by atoms with E-state index in [9.17, 15) is 9.59 Å². The van der Waals surface area contributed by atoms with E-state index >= 15 is 0 Å². The minimum atomic E-state index is -0.573. The highest BCUT2D eigenvalue weighted by Crippen LogP contribution is 2.29. The Morgan fingerprint density at radius 2 is 1.59 bits per heavy atom. The molecule has 202 valence electrons. The molecule has 7 heteroatoms. The van der Waals surface area contributed by atoms with Crippen LogP contribution in [0.3, 0.4) is 0 Å². The summed E-state index contributed by atoms with van der Waals surface area (Å²) in [6, 6.07) is 13.0. The van der Waals surface area contributed by atoms with Gasteiger partial charge in [0, 0.05) is 19.0 Å². The van der Waals surface area contributed by atoms with Crippen molar-refractivity contribution in [3.63, 3.8) is 0 Å². The molecule has 0 bridgehead atoms. The lowest BCUT2D eigenvalue weighted by molar-refractivity contribution is -0.141. The molecular formula is C30H42N2O5. The molecule has 1 N–H and O–H groups in total. The molecule has 0 saturated heterocycles. The van der Waals surface area contributed by atoms with Gasteiger partial charge in [0.15, 0.2) is 11.5 Å². The zero-order chi connectivity index (χ0) is 26.6. The Bertz CT molecular complexity index is 1000. The Kier molecular flexibility index (Phi) is 11.1. The molecule has 0 spiro atoms. The summed E-state index contributed by atoms with van der Waals surface area (Å²) in [5.74, 6) is 1.99. The van der Waals surface area contributed by atoms with Gasteiger partial charge in [-0.2, -0.15) is 0 Å². The number of carbonyl (C=O) groups is 2. The summed E-state index contributed by atoms with van der Waals surface area (Å²) >= 11 is 0. The number of ether oxygens (including phenoxy) is 3. The van der Waals surface area contributed by atoms with Crippen molar-refractivity contribution in [2.75, 3.05) is 20.3 Å². The number of nitrogens with zero attached hydrogens (tertiary/aromatic N) is 1. The molecule has 1 aliphatic rings. The topological polar surface area (TPSA) is 77.1 Å². The highest BCUT2D eigenvalue weighted by Gasteiger charge is 2.28. The summed E-state index contributed by atoms with van der Waals surface area (Å²) in [5.41, 5.74) is 1.94. The number of aryl methyl sites for hydroxylation is 1. The lowest BCUT2D eigenvalue weighted by atomic mass is 9.95. The van der Waals surface area contributed by atoms with Crippen molar-refractivity contribution < 1.29 is 23.8 Å². The fraction of sp³-hybridized carbons (Fsp3) is 0.533. The average molecular weight is 511 g/mol. The van der Waals surface area contributed by atoms with Crippen LogP contribution in [0, 0.1) is 0 Å². The van der Waals surface area contributed by atoms with Crippen molar-refractivity contribution in [1.29, 1.82) is 0 Å². The Labute approximate surface area is 221 Å². The van der Waals surface area contributed by atoms with E-state index in [1.807, 2.05) is 63.2 Å². The van der Waals surface area contributed by atoms with Crippen molar-refractivity contribution in [3.05, 3.63) is 53.6 Å². The van der Waals surface area contributed by atoms with Crippen LogP contribution in [0.5, 0.6) is 17.2 Å². The highest BCUT2D eigenvalue weighted by molar-refractivity contribution is 5.87. The predicted molar refractivity (Wildman–Crippen MR) is 145 cm³/mol. The molecule has 1 atom stereocenters. The molecule has 0 radical (unpaired) electrons. The molecule has 1 saturated carbocycles. The summed E-state index contributed by atoms with van der Waals surface area (Å²) < 4.78 is 16.7. The van der Waals surface area contributed by atoms with E-state index < -0.39 is 6.04 Å². The van der Waals surface area contributed by atoms with Crippen LogP contribution in [-0.2, 0) is 22.6 Å². The van der Waals surface area contributed by atoms with Crippen LogP contribution in [0.1, 0.15) is 70.4 Å². The minimum Gasteiger partial charge on any atom is -0.497 e. The van der Waals surface area contributed by atoms with Crippen LogP contribution in [-0.4, -0.2) is 49.1 Å². The lowest BCUT2D eigenvalue weighted by Crippen LogP contribution is -2.50. The Morgan fingerprint density at radius 3 is 2.24 bits per heavy atom. The minimum absolute atomic E-state index is 0.0612. The first-order valence-corrected chi connectivity index (χ1v) is 13.6. The maximum absolute atomic E-state index is 13.5. The van der Waals surface area contributed by atoms with Crippen molar-refractivity contribution in [2.24, 2.45) is 0 Å². The molecule has 1 fully saturated rings. The van der Waals surface area contributed by atoms with Crippen LogP contribution in [0.25, 0.3) is 0 Å². The number of amides is 2. The van der Waals surface area contributed by atoms with E-state index in [4.69, 9.17) is 14.2 Å². The fourth-order valence-corrected chi connectivity index (χ4v) is 4.72. The molecule has 0 aromatic heterocycles. The summed E-state index contributed by atoms with van der Waals surface area (Å²) in [6.45, 7) is 7.14. The highest BCUT2D eigenvalue weighted by atomic mass is 16.5. The van der Waals surface area contributed by atoms with Gasteiger partial charge in [0.25, 0.3) is 0 Å². The first-order valence-electron chi connectivity index (χ1n) is 13.6. The standard InChI is InChI=1S/C30H42N2O5/c1-5-36-27-18-14-23(20-28(27)37-6-2)15-19-29(33)32(21-24-12-16-26(35-4)17-13-24)22(3)30(34)31-25-10-8-7-9-11-25/h12-14,16-18,20,22,25H,5-11,15,19,21H2,1-4H3,(H,31,34). The number of methoxy groups -OCH3 is 1. The normalized spacial score (nSPS) is 14.5.